The number of nitriles is 2. The minimum absolute atomic E-state index is 0.0748. The number of hydrogen-bond donors (Lipinski definition) is 2. The second kappa shape index (κ2) is 8.58. The van der Waals surface area contributed by atoms with Crippen molar-refractivity contribution in [2.24, 2.45) is 0 Å². The van der Waals surface area contributed by atoms with Crippen LogP contribution in [0.5, 0.6) is 0 Å². The summed E-state index contributed by atoms with van der Waals surface area (Å²) in [7, 11) is -0.127. The molecule has 0 heterocycles. The second-order valence-corrected chi connectivity index (χ2v) is 4.85. The fraction of sp³-hybridized carbons (Fsp3) is 0.556. The smallest absolute Gasteiger partial charge is 0.131 e. The molecule has 0 spiro atoms. The molecule has 76 valence electrons. The van der Waals surface area contributed by atoms with E-state index < -0.39 is 0 Å². The predicted octanol–water partition coefficient (Wildman–Crippen LogP) is -0.437. The predicted molar refractivity (Wildman–Crippen MR) is 55.4 cm³/mol. The molecule has 0 aromatic carbocycles. The van der Waals surface area contributed by atoms with Crippen LogP contribution in [0, 0.1) is 22.7 Å². The van der Waals surface area contributed by atoms with E-state index in [1.54, 1.807) is 18.2 Å². The minimum Gasteiger partial charge on any atom is -0.391 e. The summed E-state index contributed by atoms with van der Waals surface area (Å²) in [4.78, 5) is 0. The molecule has 0 aromatic rings. The molecule has 0 aliphatic carbocycles. The van der Waals surface area contributed by atoms with Crippen LogP contribution in [0.4, 0.5) is 0 Å². The Balaban J connectivity index is 4.11. The molecular weight excluding hydrogens is 200 g/mol. The Kier molecular flexibility index (Phi) is 7.96. The second-order valence-electron chi connectivity index (χ2n) is 2.48. The van der Waals surface area contributed by atoms with E-state index in [-0.39, 0.29) is 29.7 Å². The van der Waals surface area contributed by atoms with Gasteiger partial charge in [0.05, 0.1) is 13.2 Å². The molecule has 0 aliphatic heterocycles. The van der Waals surface area contributed by atoms with E-state index in [0.717, 1.165) is 0 Å². The van der Waals surface area contributed by atoms with Crippen molar-refractivity contribution in [1.82, 2.24) is 0 Å². The molecule has 5 heteroatoms. The molecule has 0 bridgehead atoms. The van der Waals surface area contributed by atoms with Gasteiger partial charge in [0.2, 0.25) is 0 Å². The van der Waals surface area contributed by atoms with Gasteiger partial charge in [0, 0.05) is 0 Å². The molecule has 0 radical (unpaired) electrons. The van der Waals surface area contributed by atoms with Crippen LogP contribution in [0.15, 0.2) is 11.6 Å². The summed E-state index contributed by atoms with van der Waals surface area (Å²) in [6.45, 7) is 0.150. The highest BCUT2D eigenvalue weighted by atomic mass is 32.2. The van der Waals surface area contributed by atoms with Crippen LogP contribution < -0.4 is 0 Å². The van der Waals surface area contributed by atoms with Gasteiger partial charge in [-0.05, 0) is 17.0 Å². The molecule has 0 fully saturated rings. The number of allylic oxidation sites excluding steroid dienone is 1. The Bertz CT molecular complexity index is 243. The standard InChI is InChI=1S/C9H13N2O2S/c10-7-9(8-11)1-4-14(5-2-12)6-3-13/h1,12-13H,2-6H2/q+1. The molecule has 14 heavy (non-hydrogen) atoms. The van der Waals surface area contributed by atoms with Crippen molar-refractivity contribution in [3.63, 3.8) is 0 Å². The number of hydrogen-bond acceptors (Lipinski definition) is 4. The lowest BCUT2D eigenvalue weighted by Crippen LogP contribution is -2.20. The van der Waals surface area contributed by atoms with E-state index >= 15 is 0 Å². The van der Waals surface area contributed by atoms with Crippen LogP contribution >= 0.6 is 0 Å². The fourth-order valence-electron chi connectivity index (χ4n) is 0.844. The lowest BCUT2D eigenvalue weighted by Gasteiger charge is -2.02. The van der Waals surface area contributed by atoms with Crippen molar-refractivity contribution < 1.29 is 10.2 Å². The average molecular weight is 213 g/mol. The van der Waals surface area contributed by atoms with Gasteiger partial charge in [0.25, 0.3) is 0 Å². The normalized spacial score (nSPS) is 9.21. The van der Waals surface area contributed by atoms with Gasteiger partial charge >= 0.3 is 0 Å². The van der Waals surface area contributed by atoms with Crippen molar-refractivity contribution in [2.45, 2.75) is 0 Å². The SMILES string of the molecule is N#CC(C#N)=CC[S+](CCO)CCO. The third-order valence-electron chi connectivity index (χ3n) is 1.52. The summed E-state index contributed by atoms with van der Waals surface area (Å²) >= 11 is 0. The Morgan fingerprint density at radius 2 is 1.64 bits per heavy atom. The van der Waals surface area contributed by atoms with E-state index in [1.807, 2.05) is 0 Å². The first-order chi connectivity index (χ1) is 6.78. The van der Waals surface area contributed by atoms with Crippen molar-refractivity contribution >= 4 is 10.9 Å². The average Bonchev–Trinajstić information content (AvgIpc) is 2.20. The molecule has 0 atom stereocenters. The maximum Gasteiger partial charge on any atom is 0.131 e. The molecule has 0 saturated heterocycles. The monoisotopic (exact) mass is 213 g/mol. The minimum atomic E-state index is -0.127. The van der Waals surface area contributed by atoms with Crippen molar-refractivity contribution in [2.75, 3.05) is 30.5 Å². The summed E-state index contributed by atoms with van der Waals surface area (Å²) in [5.41, 5.74) is 0.0957. The molecule has 0 amide bonds. The Hall–Kier alpha value is -1.01. The molecular formula is C9H13N2O2S+. The van der Waals surface area contributed by atoms with Crippen molar-refractivity contribution in [3.05, 3.63) is 11.6 Å². The van der Waals surface area contributed by atoms with Crippen LogP contribution in [0.25, 0.3) is 0 Å². The van der Waals surface area contributed by atoms with Crippen LogP contribution in [0.3, 0.4) is 0 Å². The summed E-state index contributed by atoms with van der Waals surface area (Å²) in [5.74, 6) is 1.81. The Morgan fingerprint density at radius 1 is 1.14 bits per heavy atom. The lowest BCUT2D eigenvalue weighted by atomic mass is 10.3. The number of aliphatic hydroxyl groups excluding tert-OH is 2. The number of nitrogens with zero attached hydrogens (tertiary/aromatic N) is 2. The van der Waals surface area contributed by atoms with Crippen LogP contribution in [0.1, 0.15) is 0 Å². The van der Waals surface area contributed by atoms with Gasteiger partial charge in [-0.25, -0.2) is 0 Å². The highest BCUT2D eigenvalue weighted by molar-refractivity contribution is 7.97. The van der Waals surface area contributed by atoms with E-state index in [4.69, 9.17) is 20.7 Å². The molecule has 0 aromatic heterocycles. The fourth-order valence-corrected chi connectivity index (χ4v) is 2.30. The van der Waals surface area contributed by atoms with Gasteiger partial charge in [-0.3, -0.25) is 0 Å². The largest absolute Gasteiger partial charge is 0.391 e. The van der Waals surface area contributed by atoms with Crippen molar-refractivity contribution in [3.8, 4) is 12.1 Å². The zero-order chi connectivity index (χ0) is 10.8. The molecule has 0 unspecified atom stereocenters. The summed E-state index contributed by atoms with van der Waals surface area (Å²) < 4.78 is 0. The summed E-state index contributed by atoms with van der Waals surface area (Å²) in [6.07, 6.45) is 1.56. The van der Waals surface area contributed by atoms with Crippen LogP contribution in [-0.2, 0) is 10.9 Å². The first-order valence-corrected chi connectivity index (χ1v) is 5.87. The first kappa shape index (κ1) is 13.0. The molecule has 0 aliphatic rings. The van der Waals surface area contributed by atoms with Crippen molar-refractivity contribution in [1.29, 1.82) is 10.5 Å². The van der Waals surface area contributed by atoms with Gasteiger partial charge < -0.3 is 10.2 Å². The van der Waals surface area contributed by atoms with E-state index in [2.05, 4.69) is 0 Å². The lowest BCUT2D eigenvalue weighted by molar-refractivity contribution is 0.317. The highest BCUT2D eigenvalue weighted by Crippen LogP contribution is 2.00. The van der Waals surface area contributed by atoms with Gasteiger partial charge in [-0.1, -0.05) is 0 Å². The number of aliphatic hydroxyl groups is 2. The van der Waals surface area contributed by atoms with Crippen LogP contribution in [0.2, 0.25) is 0 Å². The maximum atomic E-state index is 8.72. The van der Waals surface area contributed by atoms with Crippen LogP contribution in [-0.4, -0.2) is 40.7 Å². The zero-order valence-corrected chi connectivity index (χ0v) is 8.63. The maximum absolute atomic E-state index is 8.72. The topological polar surface area (TPSA) is 88.0 Å². The highest BCUT2D eigenvalue weighted by Gasteiger charge is 2.15. The van der Waals surface area contributed by atoms with Gasteiger partial charge in [0.1, 0.15) is 35.0 Å². The Morgan fingerprint density at radius 3 is 2.00 bits per heavy atom. The first-order valence-electron chi connectivity index (χ1n) is 4.14. The summed E-state index contributed by atoms with van der Waals surface area (Å²) in [6, 6.07) is 3.54. The van der Waals surface area contributed by atoms with Gasteiger partial charge in [0.15, 0.2) is 0 Å². The quantitative estimate of drug-likeness (QED) is 0.462. The van der Waals surface area contributed by atoms with E-state index in [9.17, 15) is 0 Å². The Labute approximate surface area is 86.4 Å². The van der Waals surface area contributed by atoms with E-state index in [0.29, 0.717) is 17.3 Å². The van der Waals surface area contributed by atoms with Gasteiger partial charge in [-0.2, -0.15) is 10.5 Å². The number of rotatable bonds is 6. The molecule has 4 nitrogen and oxygen atoms in total. The van der Waals surface area contributed by atoms with Gasteiger partial charge in [-0.15, -0.1) is 0 Å². The third-order valence-corrected chi connectivity index (χ3v) is 3.68. The molecule has 0 saturated carbocycles. The molecule has 0 rings (SSSR count). The molecule has 2 N–H and O–H groups in total. The van der Waals surface area contributed by atoms with E-state index in [1.165, 1.54) is 0 Å². The summed E-state index contributed by atoms with van der Waals surface area (Å²) in [5, 5.41) is 34.4. The third kappa shape index (κ3) is 5.60. The zero-order valence-electron chi connectivity index (χ0n) is 7.81.